The van der Waals surface area contributed by atoms with Crippen LogP contribution in [0.25, 0.3) is 28.2 Å². The molecule has 0 bridgehead atoms. The van der Waals surface area contributed by atoms with Gasteiger partial charge in [0, 0.05) is 17.7 Å². The predicted molar refractivity (Wildman–Crippen MR) is 129 cm³/mol. The van der Waals surface area contributed by atoms with Gasteiger partial charge < -0.3 is 10.2 Å². The van der Waals surface area contributed by atoms with Crippen LogP contribution in [0, 0.1) is 0 Å². The zero-order valence-corrected chi connectivity index (χ0v) is 18.7. The first-order valence-corrected chi connectivity index (χ1v) is 11.2. The molecule has 164 valence electrons. The zero-order chi connectivity index (χ0) is 22.3. The molecule has 0 fully saturated rings. The third-order valence-corrected chi connectivity index (χ3v) is 5.69. The molecule has 6 heteroatoms. The topological polar surface area (TPSA) is 62.5 Å². The van der Waals surface area contributed by atoms with Crippen LogP contribution in [0.3, 0.4) is 0 Å². The molecule has 0 aliphatic carbocycles. The Hall–Kier alpha value is -3.51. The second-order valence-corrected chi connectivity index (χ2v) is 7.69. The Morgan fingerprint density at radius 3 is 2.28 bits per heavy atom. The summed E-state index contributed by atoms with van der Waals surface area (Å²) in [6, 6.07) is 22.1. The number of hydrogen-bond acceptors (Lipinski definition) is 4. The summed E-state index contributed by atoms with van der Waals surface area (Å²) < 4.78 is 1.76. The van der Waals surface area contributed by atoms with Gasteiger partial charge in [0.05, 0.1) is 17.6 Å². The summed E-state index contributed by atoms with van der Waals surface area (Å²) in [7, 11) is 0. The van der Waals surface area contributed by atoms with E-state index in [4.69, 9.17) is 4.98 Å². The van der Waals surface area contributed by atoms with E-state index in [2.05, 4.69) is 29.2 Å². The Kier molecular flexibility index (Phi) is 6.92. The highest BCUT2D eigenvalue weighted by Crippen LogP contribution is 2.27. The van der Waals surface area contributed by atoms with E-state index < -0.39 is 0 Å². The Balaban J connectivity index is 1.66. The molecule has 1 N–H and O–H groups in total. The van der Waals surface area contributed by atoms with E-state index in [0.29, 0.717) is 17.8 Å². The van der Waals surface area contributed by atoms with E-state index in [-0.39, 0.29) is 5.91 Å². The summed E-state index contributed by atoms with van der Waals surface area (Å²) in [4.78, 5) is 20.2. The van der Waals surface area contributed by atoms with Crippen LogP contribution in [-0.2, 0) is 0 Å². The largest absolute Gasteiger partial charge is 0.352 e. The zero-order valence-electron chi connectivity index (χ0n) is 18.7. The van der Waals surface area contributed by atoms with Crippen LogP contribution in [0.1, 0.15) is 30.6 Å². The van der Waals surface area contributed by atoms with Gasteiger partial charge in [-0.3, -0.25) is 4.79 Å². The summed E-state index contributed by atoms with van der Waals surface area (Å²) >= 11 is 0. The minimum atomic E-state index is -0.142. The number of carbonyl (C=O) groups excluding carboxylic acids is 1. The van der Waals surface area contributed by atoms with Crippen LogP contribution in [0.5, 0.6) is 0 Å². The Bertz CT molecular complexity index is 1170. The van der Waals surface area contributed by atoms with Crippen LogP contribution in [0.4, 0.5) is 0 Å². The SMILES string of the molecule is CCN(CC)CCCNC(=O)c1cnn2c(-c3ccccc3)cc(-c3ccccc3)nc12. The lowest BCUT2D eigenvalue weighted by Crippen LogP contribution is -2.29. The molecule has 4 rings (SSSR count). The van der Waals surface area contributed by atoms with Crippen LogP contribution < -0.4 is 5.32 Å². The van der Waals surface area contributed by atoms with Crippen LogP contribution in [0.15, 0.2) is 72.9 Å². The minimum absolute atomic E-state index is 0.142. The molecule has 0 atom stereocenters. The molecule has 2 heterocycles. The Labute approximate surface area is 188 Å². The maximum absolute atomic E-state index is 13.0. The highest BCUT2D eigenvalue weighted by molar-refractivity contribution is 6.00. The number of fused-ring (bicyclic) bond motifs is 1. The van der Waals surface area contributed by atoms with Gasteiger partial charge in [0.2, 0.25) is 0 Å². The average molecular weight is 428 g/mol. The molecule has 0 aliphatic rings. The summed E-state index contributed by atoms with van der Waals surface area (Å²) in [6.07, 6.45) is 2.52. The molecule has 2 aromatic carbocycles. The van der Waals surface area contributed by atoms with Crippen molar-refractivity contribution in [1.29, 1.82) is 0 Å². The number of amides is 1. The van der Waals surface area contributed by atoms with E-state index in [1.807, 2.05) is 66.7 Å². The summed E-state index contributed by atoms with van der Waals surface area (Å²) in [5.74, 6) is -0.142. The summed E-state index contributed by atoms with van der Waals surface area (Å²) in [5, 5.41) is 7.56. The number of benzene rings is 2. The van der Waals surface area contributed by atoms with Gasteiger partial charge in [0.1, 0.15) is 5.56 Å². The molecule has 0 saturated carbocycles. The average Bonchev–Trinajstić information content (AvgIpc) is 3.29. The van der Waals surface area contributed by atoms with Crippen molar-refractivity contribution in [2.24, 2.45) is 0 Å². The van der Waals surface area contributed by atoms with Gasteiger partial charge in [-0.25, -0.2) is 9.50 Å². The first kappa shape index (κ1) is 21.7. The number of hydrogen-bond donors (Lipinski definition) is 1. The number of nitrogens with one attached hydrogen (secondary N) is 1. The maximum Gasteiger partial charge on any atom is 0.256 e. The van der Waals surface area contributed by atoms with Gasteiger partial charge in [0.15, 0.2) is 5.65 Å². The predicted octanol–water partition coefficient (Wildman–Crippen LogP) is 4.53. The number of aromatic nitrogens is 3. The van der Waals surface area contributed by atoms with Crippen LogP contribution in [0.2, 0.25) is 0 Å². The Morgan fingerprint density at radius 1 is 0.969 bits per heavy atom. The maximum atomic E-state index is 13.0. The molecule has 0 saturated heterocycles. The van der Waals surface area contributed by atoms with Crippen molar-refractivity contribution in [1.82, 2.24) is 24.8 Å². The molecule has 1 amide bonds. The lowest BCUT2D eigenvalue weighted by atomic mass is 10.1. The van der Waals surface area contributed by atoms with E-state index in [1.54, 1.807) is 10.7 Å². The van der Waals surface area contributed by atoms with Crippen LogP contribution >= 0.6 is 0 Å². The van der Waals surface area contributed by atoms with Gasteiger partial charge in [-0.15, -0.1) is 0 Å². The molecule has 32 heavy (non-hydrogen) atoms. The smallest absolute Gasteiger partial charge is 0.256 e. The lowest BCUT2D eigenvalue weighted by Gasteiger charge is -2.17. The Morgan fingerprint density at radius 2 is 1.62 bits per heavy atom. The molecular formula is C26H29N5O. The highest BCUT2D eigenvalue weighted by atomic mass is 16.1. The van der Waals surface area contributed by atoms with Crippen molar-refractivity contribution in [3.8, 4) is 22.5 Å². The second-order valence-electron chi connectivity index (χ2n) is 7.69. The van der Waals surface area contributed by atoms with Gasteiger partial charge in [0.25, 0.3) is 5.91 Å². The fourth-order valence-corrected chi connectivity index (χ4v) is 3.83. The van der Waals surface area contributed by atoms with E-state index in [1.165, 1.54) is 0 Å². The third-order valence-electron chi connectivity index (χ3n) is 5.69. The summed E-state index contributed by atoms with van der Waals surface area (Å²) in [6.45, 7) is 7.94. The normalized spacial score (nSPS) is 11.2. The molecule has 4 aromatic rings. The van der Waals surface area contributed by atoms with Crippen molar-refractivity contribution < 1.29 is 4.79 Å². The van der Waals surface area contributed by atoms with Crippen molar-refractivity contribution >= 4 is 11.6 Å². The standard InChI is InChI=1S/C26H29N5O/c1-3-30(4-2)17-11-16-27-26(32)22-19-28-31-24(21-14-9-6-10-15-21)18-23(29-25(22)31)20-12-7-5-8-13-20/h5-10,12-15,18-19H,3-4,11,16-17H2,1-2H3,(H,27,32). The van der Waals surface area contributed by atoms with Crippen LogP contribution in [-0.4, -0.2) is 51.6 Å². The fraction of sp³-hybridized carbons (Fsp3) is 0.269. The molecule has 2 aromatic heterocycles. The molecule has 0 spiro atoms. The fourth-order valence-electron chi connectivity index (χ4n) is 3.83. The summed E-state index contributed by atoms with van der Waals surface area (Å²) in [5.41, 5.74) is 4.78. The second kappa shape index (κ2) is 10.2. The van der Waals surface area contributed by atoms with E-state index in [0.717, 1.165) is 48.6 Å². The molecule has 6 nitrogen and oxygen atoms in total. The van der Waals surface area contributed by atoms with Crippen molar-refractivity contribution in [3.05, 3.63) is 78.5 Å². The van der Waals surface area contributed by atoms with Gasteiger partial charge in [-0.1, -0.05) is 74.5 Å². The van der Waals surface area contributed by atoms with Crippen molar-refractivity contribution in [2.75, 3.05) is 26.2 Å². The van der Waals surface area contributed by atoms with Gasteiger partial charge in [-0.05, 0) is 32.1 Å². The third kappa shape index (κ3) is 4.70. The minimum Gasteiger partial charge on any atom is -0.352 e. The number of nitrogens with zero attached hydrogens (tertiary/aromatic N) is 4. The lowest BCUT2D eigenvalue weighted by molar-refractivity contribution is 0.0953. The van der Waals surface area contributed by atoms with Gasteiger partial charge in [-0.2, -0.15) is 5.10 Å². The monoisotopic (exact) mass is 427 g/mol. The molecule has 0 radical (unpaired) electrons. The highest BCUT2D eigenvalue weighted by Gasteiger charge is 2.18. The quantitative estimate of drug-likeness (QED) is 0.399. The number of rotatable bonds is 9. The molecule has 0 unspecified atom stereocenters. The first-order valence-electron chi connectivity index (χ1n) is 11.2. The first-order chi connectivity index (χ1) is 15.7. The van der Waals surface area contributed by atoms with Crippen molar-refractivity contribution in [3.63, 3.8) is 0 Å². The number of carbonyl (C=O) groups is 1. The van der Waals surface area contributed by atoms with Gasteiger partial charge >= 0.3 is 0 Å². The molecule has 0 aliphatic heterocycles. The van der Waals surface area contributed by atoms with E-state index >= 15 is 0 Å². The van der Waals surface area contributed by atoms with E-state index in [9.17, 15) is 4.79 Å². The molecular weight excluding hydrogens is 398 g/mol. The van der Waals surface area contributed by atoms with Crippen molar-refractivity contribution in [2.45, 2.75) is 20.3 Å².